The summed E-state index contributed by atoms with van der Waals surface area (Å²) in [6.45, 7) is 3.67. The van der Waals surface area contributed by atoms with Gasteiger partial charge in [0.25, 0.3) is 5.91 Å². The van der Waals surface area contributed by atoms with Gasteiger partial charge in [-0.25, -0.2) is 19.2 Å². The highest BCUT2D eigenvalue weighted by Gasteiger charge is 2.34. The highest BCUT2D eigenvalue weighted by molar-refractivity contribution is 6.03. The van der Waals surface area contributed by atoms with Gasteiger partial charge in [-0.1, -0.05) is 17.3 Å². The molecule has 0 saturated carbocycles. The van der Waals surface area contributed by atoms with Crippen LogP contribution in [0.3, 0.4) is 0 Å². The first-order valence-electron chi connectivity index (χ1n) is 10.0. The molecule has 2 aliphatic rings. The van der Waals surface area contributed by atoms with Crippen molar-refractivity contribution in [3.8, 4) is 0 Å². The number of aromatic nitrogens is 2. The van der Waals surface area contributed by atoms with Crippen LogP contribution in [0.2, 0.25) is 0 Å². The van der Waals surface area contributed by atoms with Gasteiger partial charge in [-0.2, -0.15) is 0 Å². The van der Waals surface area contributed by atoms with E-state index in [1.807, 2.05) is 4.90 Å². The molecule has 162 valence electrons. The number of anilines is 1. The van der Waals surface area contributed by atoms with E-state index in [9.17, 15) is 14.0 Å². The van der Waals surface area contributed by atoms with E-state index in [0.29, 0.717) is 43.4 Å². The molecule has 0 bridgehead atoms. The van der Waals surface area contributed by atoms with Gasteiger partial charge in [0, 0.05) is 50.6 Å². The monoisotopic (exact) mass is 427 g/mol. The Hall–Kier alpha value is -3.56. The minimum absolute atomic E-state index is 0.152. The van der Waals surface area contributed by atoms with Gasteiger partial charge in [0.1, 0.15) is 5.82 Å². The minimum Gasteiger partial charge on any atom is -0.450 e. The van der Waals surface area contributed by atoms with Crippen molar-refractivity contribution in [2.45, 2.75) is 25.6 Å². The van der Waals surface area contributed by atoms with Crippen molar-refractivity contribution in [3.05, 3.63) is 54.1 Å². The molecule has 2 aliphatic heterocycles. The highest BCUT2D eigenvalue weighted by Crippen LogP contribution is 2.19. The van der Waals surface area contributed by atoms with Crippen molar-refractivity contribution < 1.29 is 23.6 Å². The summed E-state index contributed by atoms with van der Waals surface area (Å²) in [5.74, 6) is -0.718. The summed E-state index contributed by atoms with van der Waals surface area (Å²) >= 11 is 0. The first-order valence-corrected chi connectivity index (χ1v) is 10.0. The maximum Gasteiger partial charge on any atom is 0.351 e. The fourth-order valence-corrected chi connectivity index (χ4v) is 3.48. The van der Waals surface area contributed by atoms with E-state index in [0.717, 1.165) is 0 Å². The molecule has 2 aromatic rings. The van der Waals surface area contributed by atoms with E-state index in [4.69, 9.17) is 9.57 Å². The molecule has 1 aromatic carbocycles. The Balaban J connectivity index is 1.26. The molecule has 0 radical (unpaired) electrons. The van der Waals surface area contributed by atoms with Crippen molar-refractivity contribution in [1.29, 1.82) is 0 Å². The SMILES string of the molecule is CC(OC(=O)C1CC(c2cccc(F)c2)=NO1)C(=O)N1CCN(c2ncccn2)CC1. The average Bonchev–Trinajstić information content (AvgIpc) is 3.30. The molecule has 1 amide bonds. The Kier molecular flexibility index (Phi) is 6.06. The number of carbonyl (C=O) groups excluding carboxylic acids is 2. The molecule has 1 saturated heterocycles. The predicted octanol–water partition coefficient (Wildman–Crippen LogP) is 1.39. The number of nitrogens with zero attached hydrogens (tertiary/aromatic N) is 5. The van der Waals surface area contributed by atoms with Crippen LogP contribution in [-0.2, 0) is 19.2 Å². The van der Waals surface area contributed by atoms with Gasteiger partial charge < -0.3 is 19.4 Å². The number of piperazine rings is 1. The summed E-state index contributed by atoms with van der Waals surface area (Å²) in [6, 6.07) is 7.64. The van der Waals surface area contributed by atoms with Crippen molar-refractivity contribution in [1.82, 2.24) is 14.9 Å². The second-order valence-corrected chi connectivity index (χ2v) is 7.29. The molecule has 9 nitrogen and oxygen atoms in total. The summed E-state index contributed by atoms with van der Waals surface area (Å²) < 4.78 is 18.7. The van der Waals surface area contributed by atoms with Gasteiger partial charge in [-0.3, -0.25) is 4.79 Å². The second kappa shape index (κ2) is 9.07. The molecule has 3 heterocycles. The minimum atomic E-state index is -0.958. The number of esters is 1. The van der Waals surface area contributed by atoms with Crippen LogP contribution in [-0.4, -0.2) is 70.8 Å². The molecule has 1 aromatic heterocycles. The van der Waals surface area contributed by atoms with Crippen LogP contribution < -0.4 is 4.90 Å². The van der Waals surface area contributed by atoms with E-state index in [1.54, 1.807) is 35.5 Å². The van der Waals surface area contributed by atoms with E-state index >= 15 is 0 Å². The van der Waals surface area contributed by atoms with Crippen LogP contribution in [0.4, 0.5) is 10.3 Å². The van der Waals surface area contributed by atoms with Crippen LogP contribution in [0.15, 0.2) is 47.9 Å². The van der Waals surface area contributed by atoms with Crippen LogP contribution >= 0.6 is 0 Å². The number of benzene rings is 1. The lowest BCUT2D eigenvalue weighted by Crippen LogP contribution is -2.52. The Morgan fingerprint density at radius 3 is 2.61 bits per heavy atom. The molecular weight excluding hydrogens is 405 g/mol. The van der Waals surface area contributed by atoms with E-state index in [2.05, 4.69) is 15.1 Å². The second-order valence-electron chi connectivity index (χ2n) is 7.29. The third-order valence-corrected chi connectivity index (χ3v) is 5.16. The third kappa shape index (κ3) is 4.79. The lowest BCUT2D eigenvalue weighted by molar-refractivity contribution is -0.167. The zero-order chi connectivity index (χ0) is 21.8. The lowest BCUT2D eigenvalue weighted by atomic mass is 10.1. The van der Waals surface area contributed by atoms with Crippen molar-refractivity contribution in [3.63, 3.8) is 0 Å². The first kappa shape index (κ1) is 20.7. The summed E-state index contributed by atoms with van der Waals surface area (Å²) in [5.41, 5.74) is 0.999. The molecule has 1 fully saturated rings. The predicted molar refractivity (Wildman–Crippen MR) is 109 cm³/mol. The van der Waals surface area contributed by atoms with E-state index < -0.39 is 24.0 Å². The molecule has 2 unspecified atom stereocenters. The van der Waals surface area contributed by atoms with Crippen molar-refractivity contribution in [2.75, 3.05) is 31.1 Å². The molecule has 0 aliphatic carbocycles. The molecule has 2 atom stereocenters. The molecule has 0 spiro atoms. The topological polar surface area (TPSA) is 97.2 Å². The quantitative estimate of drug-likeness (QED) is 0.665. The number of rotatable bonds is 5. The van der Waals surface area contributed by atoms with Crippen LogP contribution in [0, 0.1) is 5.82 Å². The molecule has 31 heavy (non-hydrogen) atoms. The third-order valence-electron chi connectivity index (χ3n) is 5.16. The number of halogens is 1. The zero-order valence-corrected chi connectivity index (χ0v) is 17.0. The largest absolute Gasteiger partial charge is 0.450 e. The lowest BCUT2D eigenvalue weighted by Gasteiger charge is -2.35. The number of oxime groups is 1. The van der Waals surface area contributed by atoms with Crippen molar-refractivity contribution >= 4 is 23.5 Å². The maximum atomic E-state index is 13.4. The van der Waals surface area contributed by atoms with Gasteiger partial charge in [-0.15, -0.1) is 0 Å². The molecule has 10 heteroatoms. The number of hydrogen-bond donors (Lipinski definition) is 0. The van der Waals surface area contributed by atoms with Crippen LogP contribution in [0.1, 0.15) is 18.9 Å². The first-order chi connectivity index (χ1) is 15.0. The smallest absolute Gasteiger partial charge is 0.351 e. The summed E-state index contributed by atoms with van der Waals surface area (Å²) in [5, 5.41) is 3.87. The van der Waals surface area contributed by atoms with Crippen molar-refractivity contribution in [2.24, 2.45) is 5.16 Å². The summed E-state index contributed by atoms with van der Waals surface area (Å²) in [7, 11) is 0. The number of amides is 1. The Morgan fingerprint density at radius 2 is 1.90 bits per heavy atom. The van der Waals surface area contributed by atoms with Gasteiger partial charge >= 0.3 is 5.97 Å². The van der Waals surface area contributed by atoms with Gasteiger partial charge in [0.2, 0.25) is 12.1 Å². The van der Waals surface area contributed by atoms with Gasteiger partial charge in [0.05, 0.1) is 5.71 Å². The summed E-state index contributed by atoms with van der Waals surface area (Å²) in [4.78, 5) is 42.4. The summed E-state index contributed by atoms with van der Waals surface area (Å²) in [6.07, 6.45) is 1.60. The number of carbonyl (C=O) groups is 2. The number of ether oxygens (including phenoxy) is 1. The highest BCUT2D eigenvalue weighted by atomic mass is 19.1. The van der Waals surface area contributed by atoms with Crippen LogP contribution in [0.25, 0.3) is 0 Å². The zero-order valence-electron chi connectivity index (χ0n) is 17.0. The van der Waals surface area contributed by atoms with E-state index in [-0.39, 0.29) is 12.3 Å². The fraction of sp³-hybridized carbons (Fsp3) is 0.381. The van der Waals surface area contributed by atoms with Gasteiger partial charge in [-0.05, 0) is 25.1 Å². The Morgan fingerprint density at radius 1 is 1.16 bits per heavy atom. The Labute approximate surface area is 178 Å². The van der Waals surface area contributed by atoms with Crippen LogP contribution in [0.5, 0.6) is 0 Å². The molecule has 0 N–H and O–H groups in total. The van der Waals surface area contributed by atoms with E-state index in [1.165, 1.54) is 19.1 Å². The Bertz CT molecular complexity index is 979. The molecule has 4 rings (SSSR count). The van der Waals surface area contributed by atoms with Gasteiger partial charge in [0.15, 0.2) is 6.10 Å². The maximum absolute atomic E-state index is 13.4. The standard InChI is InChI=1S/C21H22FN5O4/c1-14(19(28)26-8-10-27(11-9-26)21-23-6-3-7-24-21)30-20(29)18-13-17(25-31-18)15-4-2-5-16(22)12-15/h2-7,12,14,18H,8-11,13H2,1H3. The average molecular weight is 427 g/mol. The molecular formula is C21H22FN5O4. The fourth-order valence-electron chi connectivity index (χ4n) is 3.48. The number of hydrogen-bond acceptors (Lipinski definition) is 8. The normalized spacial score (nSPS) is 19.4.